The van der Waals surface area contributed by atoms with Crippen LogP contribution in [-0.4, -0.2) is 37.3 Å². The average molecular weight is 287 g/mol. The number of rotatable bonds is 6. The van der Waals surface area contributed by atoms with Crippen molar-refractivity contribution in [2.24, 2.45) is 5.73 Å². The maximum absolute atomic E-state index is 5.85. The molecule has 0 atom stereocenters. The molecule has 2 heterocycles. The van der Waals surface area contributed by atoms with Crippen LogP contribution >= 0.6 is 0 Å². The van der Waals surface area contributed by atoms with Gasteiger partial charge in [-0.05, 0) is 26.2 Å². The minimum atomic E-state index is 0.337. The Balaban J connectivity index is 1.52. The second kappa shape index (κ2) is 6.17. The molecule has 0 spiro atoms. The summed E-state index contributed by atoms with van der Waals surface area (Å²) in [6.45, 7) is 3.63. The molecule has 3 N–H and O–H groups in total. The molecule has 0 saturated heterocycles. The smallest absolute Gasteiger partial charge is 0.137 e. The third kappa shape index (κ3) is 3.55. The second-order valence-electron chi connectivity index (χ2n) is 5.59. The van der Waals surface area contributed by atoms with Crippen molar-refractivity contribution in [3.63, 3.8) is 0 Å². The van der Waals surface area contributed by atoms with E-state index in [0.29, 0.717) is 12.0 Å². The minimum Gasteiger partial charge on any atom is -0.370 e. The van der Waals surface area contributed by atoms with Crippen molar-refractivity contribution in [2.45, 2.75) is 44.7 Å². The summed E-state index contributed by atoms with van der Waals surface area (Å²) in [4.78, 5) is 12.9. The maximum Gasteiger partial charge on any atom is 0.137 e. The Hall–Kier alpha value is -2.02. The number of hydrogen-bond acceptors (Lipinski definition) is 6. The largest absolute Gasteiger partial charge is 0.370 e. The van der Waals surface area contributed by atoms with Crippen LogP contribution < -0.4 is 11.1 Å². The molecule has 0 radical (unpaired) electrons. The van der Waals surface area contributed by atoms with Crippen LogP contribution in [0.1, 0.15) is 36.7 Å². The molecule has 0 aromatic carbocycles. The van der Waals surface area contributed by atoms with E-state index in [1.165, 1.54) is 0 Å². The number of anilines is 1. The second-order valence-corrected chi connectivity index (χ2v) is 5.59. The molecule has 3 rings (SSSR count). The molecule has 1 fully saturated rings. The van der Waals surface area contributed by atoms with Crippen LogP contribution in [0.3, 0.4) is 0 Å². The molecule has 0 amide bonds. The molecule has 112 valence electrons. The van der Waals surface area contributed by atoms with E-state index in [0.717, 1.165) is 49.7 Å². The average Bonchev–Trinajstić information content (AvgIpc) is 2.93. The SMILES string of the molecule is Cc1nc(NCCCn2cncn2)cc(C2CC(N)C2)n1. The predicted molar refractivity (Wildman–Crippen MR) is 79.8 cm³/mol. The van der Waals surface area contributed by atoms with Crippen molar-refractivity contribution in [3.05, 3.63) is 30.2 Å². The van der Waals surface area contributed by atoms with Gasteiger partial charge in [0.25, 0.3) is 0 Å². The lowest BCUT2D eigenvalue weighted by Gasteiger charge is -2.32. The van der Waals surface area contributed by atoms with Crippen LogP contribution in [0, 0.1) is 6.92 Å². The first-order valence-electron chi connectivity index (χ1n) is 7.38. The van der Waals surface area contributed by atoms with E-state index in [4.69, 9.17) is 5.73 Å². The van der Waals surface area contributed by atoms with E-state index in [-0.39, 0.29) is 0 Å². The monoisotopic (exact) mass is 287 g/mol. The van der Waals surface area contributed by atoms with Crippen molar-refractivity contribution < 1.29 is 0 Å². The minimum absolute atomic E-state index is 0.337. The van der Waals surface area contributed by atoms with Gasteiger partial charge in [-0.15, -0.1) is 0 Å². The standard InChI is InChI=1S/C14H21N7/c1-10-19-13(11-5-12(15)6-11)7-14(20-10)17-3-2-4-21-9-16-8-18-21/h7-9,11-12H,2-6,15H2,1H3,(H,17,19,20). The third-order valence-corrected chi connectivity index (χ3v) is 3.79. The predicted octanol–water partition coefficient (Wildman–Crippen LogP) is 1.08. The Morgan fingerprint density at radius 2 is 2.24 bits per heavy atom. The first kappa shape index (κ1) is 13.9. The molecule has 0 bridgehead atoms. The fraction of sp³-hybridized carbons (Fsp3) is 0.571. The molecule has 0 unspecified atom stereocenters. The van der Waals surface area contributed by atoms with Gasteiger partial charge < -0.3 is 11.1 Å². The van der Waals surface area contributed by atoms with Gasteiger partial charge >= 0.3 is 0 Å². The highest BCUT2D eigenvalue weighted by Gasteiger charge is 2.28. The van der Waals surface area contributed by atoms with Crippen LogP contribution in [0.15, 0.2) is 18.7 Å². The van der Waals surface area contributed by atoms with E-state index in [9.17, 15) is 0 Å². The molecule has 1 saturated carbocycles. The van der Waals surface area contributed by atoms with Gasteiger partial charge in [-0.25, -0.2) is 15.0 Å². The maximum atomic E-state index is 5.85. The number of aryl methyl sites for hydroxylation is 2. The van der Waals surface area contributed by atoms with Gasteiger partial charge in [0.15, 0.2) is 0 Å². The van der Waals surface area contributed by atoms with E-state index in [1.54, 1.807) is 12.7 Å². The van der Waals surface area contributed by atoms with Crippen LogP contribution in [-0.2, 0) is 6.54 Å². The third-order valence-electron chi connectivity index (χ3n) is 3.79. The molecule has 21 heavy (non-hydrogen) atoms. The summed E-state index contributed by atoms with van der Waals surface area (Å²) in [6.07, 6.45) is 6.31. The van der Waals surface area contributed by atoms with E-state index < -0.39 is 0 Å². The molecule has 7 nitrogen and oxygen atoms in total. The molecule has 0 aliphatic heterocycles. The Bertz CT molecular complexity index is 575. The lowest BCUT2D eigenvalue weighted by Crippen LogP contribution is -2.35. The Labute approximate surface area is 124 Å². The molecule has 2 aromatic rings. The summed E-state index contributed by atoms with van der Waals surface area (Å²) in [6, 6.07) is 2.39. The van der Waals surface area contributed by atoms with Gasteiger partial charge in [-0.3, -0.25) is 4.68 Å². The zero-order valence-corrected chi connectivity index (χ0v) is 12.2. The first-order valence-corrected chi connectivity index (χ1v) is 7.38. The zero-order chi connectivity index (χ0) is 14.7. The van der Waals surface area contributed by atoms with Crippen LogP contribution in [0.25, 0.3) is 0 Å². The topological polar surface area (TPSA) is 94.5 Å². The summed E-state index contributed by atoms with van der Waals surface area (Å²) < 4.78 is 1.83. The lowest BCUT2D eigenvalue weighted by molar-refractivity contribution is 0.344. The highest BCUT2D eigenvalue weighted by atomic mass is 15.3. The van der Waals surface area contributed by atoms with Gasteiger partial charge in [-0.1, -0.05) is 0 Å². The highest BCUT2D eigenvalue weighted by Crippen LogP contribution is 2.35. The van der Waals surface area contributed by atoms with Gasteiger partial charge in [-0.2, -0.15) is 5.10 Å². The number of aromatic nitrogens is 5. The summed E-state index contributed by atoms with van der Waals surface area (Å²) in [5, 5.41) is 7.44. The van der Waals surface area contributed by atoms with Gasteiger partial charge in [0.05, 0.1) is 0 Å². The van der Waals surface area contributed by atoms with E-state index in [2.05, 4.69) is 31.4 Å². The Kier molecular flexibility index (Phi) is 4.10. The Morgan fingerprint density at radius 1 is 1.38 bits per heavy atom. The summed E-state index contributed by atoms with van der Waals surface area (Å²) in [5.74, 6) is 2.21. The molecular weight excluding hydrogens is 266 g/mol. The van der Waals surface area contributed by atoms with Crippen molar-refractivity contribution in [2.75, 3.05) is 11.9 Å². The number of hydrogen-bond donors (Lipinski definition) is 2. The summed E-state index contributed by atoms with van der Waals surface area (Å²) in [5.41, 5.74) is 6.97. The number of nitrogens with one attached hydrogen (secondary N) is 1. The number of nitrogens with two attached hydrogens (primary N) is 1. The molecule has 1 aliphatic carbocycles. The van der Waals surface area contributed by atoms with Gasteiger partial charge in [0, 0.05) is 36.8 Å². The quantitative estimate of drug-likeness (QED) is 0.772. The van der Waals surface area contributed by atoms with Crippen molar-refractivity contribution >= 4 is 5.82 Å². The number of nitrogens with zero attached hydrogens (tertiary/aromatic N) is 5. The first-order chi connectivity index (χ1) is 10.2. The van der Waals surface area contributed by atoms with Gasteiger partial charge in [0.1, 0.15) is 24.3 Å². The molecule has 2 aromatic heterocycles. The summed E-state index contributed by atoms with van der Waals surface area (Å²) in [7, 11) is 0. The van der Waals surface area contributed by atoms with E-state index in [1.807, 2.05) is 11.6 Å². The fourth-order valence-corrected chi connectivity index (χ4v) is 2.60. The van der Waals surface area contributed by atoms with Crippen LogP contribution in [0.5, 0.6) is 0 Å². The van der Waals surface area contributed by atoms with Gasteiger partial charge in [0.2, 0.25) is 0 Å². The fourth-order valence-electron chi connectivity index (χ4n) is 2.60. The van der Waals surface area contributed by atoms with Crippen molar-refractivity contribution in [1.82, 2.24) is 24.7 Å². The molecule has 7 heteroatoms. The normalized spacial score (nSPS) is 21.0. The summed E-state index contributed by atoms with van der Waals surface area (Å²) >= 11 is 0. The molecular formula is C14H21N7. The van der Waals surface area contributed by atoms with Crippen molar-refractivity contribution in [1.29, 1.82) is 0 Å². The van der Waals surface area contributed by atoms with Crippen LogP contribution in [0.2, 0.25) is 0 Å². The lowest BCUT2D eigenvalue weighted by atomic mass is 9.78. The van der Waals surface area contributed by atoms with E-state index >= 15 is 0 Å². The molecule has 1 aliphatic rings. The Morgan fingerprint density at radius 3 is 2.95 bits per heavy atom. The highest BCUT2D eigenvalue weighted by molar-refractivity contribution is 5.37. The van der Waals surface area contributed by atoms with Crippen molar-refractivity contribution in [3.8, 4) is 0 Å². The van der Waals surface area contributed by atoms with Crippen LogP contribution in [0.4, 0.5) is 5.82 Å². The zero-order valence-electron chi connectivity index (χ0n) is 12.2.